The fourth-order valence-electron chi connectivity index (χ4n) is 5.14. The molecule has 3 aromatic carbocycles. The standard InChI is InChI=1S/C30H31O4P/c1-31-22-14-20(15-23(18-22)32-2)29-27-12-8-9-13-28(27)30(35(29)26-10-6-5-7-11-26)21-16-24(33-3)19-25(17-21)34-4/h5-7,10-11,14-19H,8-9,12-13H2,1-4H3. The largest absolute Gasteiger partial charge is 0.497 e. The summed E-state index contributed by atoms with van der Waals surface area (Å²) in [4.78, 5) is 0. The SMILES string of the molecule is COc1cc(OC)cc(-c2c3c(c(-c4cc(OC)cc(OC)c4)p2-c2ccccc2)CCCC3)c1. The van der Waals surface area contributed by atoms with Gasteiger partial charge in [0.15, 0.2) is 0 Å². The van der Waals surface area contributed by atoms with E-state index in [9.17, 15) is 0 Å². The quantitative estimate of drug-likeness (QED) is 0.266. The Morgan fingerprint density at radius 2 is 0.943 bits per heavy atom. The van der Waals surface area contributed by atoms with Gasteiger partial charge in [-0.1, -0.05) is 37.9 Å². The lowest BCUT2D eigenvalue weighted by atomic mass is 9.89. The van der Waals surface area contributed by atoms with Gasteiger partial charge in [-0.2, -0.15) is 0 Å². The van der Waals surface area contributed by atoms with Crippen LogP contribution in [0, 0.1) is 0 Å². The molecule has 35 heavy (non-hydrogen) atoms. The van der Waals surface area contributed by atoms with Gasteiger partial charge in [-0.25, -0.2) is 0 Å². The van der Waals surface area contributed by atoms with Gasteiger partial charge in [-0.3, -0.25) is 0 Å². The summed E-state index contributed by atoms with van der Waals surface area (Å²) in [6.07, 6.45) is 4.58. The molecule has 1 aliphatic rings. The lowest BCUT2D eigenvalue weighted by molar-refractivity contribution is 0.394. The number of benzene rings is 3. The Morgan fingerprint density at radius 1 is 0.543 bits per heavy atom. The van der Waals surface area contributed by atoms with Gasteiger partial charge in [0.2, 0.25) is 0 Å². The highest BCUT2D eigenvalue weighted by Gasteiger charge is 2.28. The predicted molar refractivity (Wildman–Crippen MR) is 144 cm³/mol. The Hall–Kier alpha value is -3.36. The second-order valence-corrected chi connectivity index (χ2v) is 10.8. The van der Waals surface area contributed by atoms with Crippen LogP contribution in [0.3, 0.4) is 0 Å². The van der Waals surface area contributed by atoms with Crippen LogP contribution in [-0.2, 0) is 12.8 Å². The summed E-state index contributed by atoms with van der Waals surface area (Å²) >= 11 is 0. The molecule has 0 amide bonds. The fourth-order valence-corrected chi connectivity index (χ4v) is 8.16. The fraction of sp³-hybridized carbons (Fsp3) is 0.267. The highest BCUT2D eigenvalue weighted by atomic mass is 31.1. The van der Waals surface area contributed by atoms with Gasteiger partial charge in [0.25, 0.3) is 0 Å². The van der Waals surface area contributed by atoms with E-state index < -0.39 is 7.53 Å². The summed E-state index contributed by atoms with van der Waals surface area (Å²) in [5.41, 5.74) is 5.32. The topological polar surface area (TPSA) is 36.9 Å². The molecule has 1 aromatic heterocycles. The van der Waals surface area contributed by atoms with Crippen LogP contribution in [-0.4, -0.2) is 28.4 Å². The van der Waals surface area contributed by atoms with E-state index in [1.165, 1.54) is 51.0 Å². The molecular weight excluding hydrogens is 455 g/mol. The molecule has 0 aliphatic heterocycles. The summed E-state index contributed by atoms with van der Waals surface area (Å²) in [5.74, 6) is 3.24. The minimum atomic E-state index is -0.802. The first-order chi connectivity index (χ1) is 17.2. The van der Waals surface area contributed by atoms with E-state index in [-0.39, 0.29) is 0 Å². The third-order valence-corrected chi connectivity index (χ3v) is 9.52. The molecule has 0 unspecified atom stereocenters. The first kappa shape index (κ1) is 23.4. The van der Waals surface area contributed by atoms with Crippen LogP contribution < -0.4 is 18.9 Å². The molecule has 5 rings (SSSR count). The second kappa shape index (κ2) is 10.1. The normalized spacial score (nSPS) is 12.7. The Kier molecular flexibility index (Phi) is 6.74. The molecule has 0 spiro atoms. The van der Waals surface area contributed by atoms with Gasteiger partial charge in [0.05, 0.1) is 28.4 Å². The molecule has 0 fully saturated rings. The van der Waals surface area contributed by atoms with Crippen molar-refractivity contribution < 1.29 is 18.9 Å². The highest BCUT2D eigenvalue weighted by molar-refractivity contribution is 7.63. The van der Waals surface area contributed by atoms with Crippen molar-refractivity contribution in [2.75, 3.05) is 28.4 Å². The third kappa shape index (κ3) is 4.39. The van der Waals surface area contributed by atoms with Crippen LogP contribution in [0.5, 0.6) is 23.0 Å². The van der Waals surface area contributed by atoms with Crippen LogP contribution in [0.4, 0.5) is 0 Å². The predicted octanol–water partition coefficient (Wildman–Crippen LogP) is 7.91. The Morgan fingerprint density at radius 3 is 1.31 bits per heavy atom. The molecule has 0 radical (unpaired) electrons. The second-order valence-electron chi connectivity index (χ2n) is 8.74. The molecule has 0 atom stereocenters. The minimum absolute atomic E-state index is 0.802. The maximum atomic E-state index is 5.66. The molecule has 1 heterocycles. The molecule has 5 heteroatoms. The molecule has 0 saturated heterocycles. The smallest absolute Gasteiger partial charge is 0.123 e. The molecule has 180 valence electrons. The van der Waals surface area contributed by atoms with Crippen molar-refractivity contribution >= 4 is 7.53 Å². The summed E-state index contributed by atoms with van der Waals surface area (Å²) < 4.78 is 22.7. The van der Waals surface area contributed by atoms with E-state index in [0.717, 1.165) is 35.8 Å². The van der Waals surface area contributed by atoms with Gasteiger partial charge >= 0.3 is 0 Å². The summed E-state index contributed by atoms with van der Waals surface area (Å²) in [7, 11) is 6.04. The van der Waals surface area contributed by atoms with E-state index in [1.807, 2.05) is 12.1 Å². The van der Waals surface area contributed by atoms with Crippen LogP contribution in [0.15, 0.2) is 66.7 Å². The number of hydrogen-bond donors (Lipinski definition) is 0. The molecule has 0 bridgehead atoms. The van der Waals surface area contributed by atoms with Gasteiger partial charge in [0.1, 0.15) is 23.0 Å². The van der Waals surface area contributed by atoms with E-state index in [0.29, 0.717) is 0 Å². The number of methoxy groups -OCH3 is 4. The van der Waals surface area contributed by atoms with Crippen molar-refractivity contribution in [3.05, 3.63) is 77.9 Å². The van der Waals surface area contributed by atoms with Gasteiger partial charge in [0, 0.05) is 22.7 Å². The van der Waals surface area contributed by atoms with E-state index in [1.54, 1.807) is 28.4 Å². The molecule has 1 aliphatic carbocycles. The van der Waals surface area contributed by atoms with Crippen molar-refractivity contribution in [1.29, 1.82) is 0 Å². The van der Waals surface area contributed by atoms with Crippen molar-refractivity contribution in [2.24, 2.45) is 0 Å². The Balaban J connectivity index is 1.89. The zero-order valence-electron chi connectivity index (χ0n) is 20.8. The van der Waals surface area contributed by atoms with Crippen LogP contribution in [0.2, 0.25) is 0 Å². The molecular formula is C30H31O4P. The number of ether oxygens (including phenoxy) is 4. The van der Waals surface area contributed by atoms with Gasteiger partial charge in [-0.05, 0) is 77.5 Å². The average molecular weight is 487 g/mol. The maximum Gasteiger partial charge on any atom is 0.123 e. The lowest BCUT2D eigenvalue weighted by Crippen LogP contribution is -2.01. The van der Waals surface area contributed by atoms with Crippen LogP contribution in [0.25, 0.3) is 27.0 Å². The minimum Gasteiger partial charge on any atom is -0.497 e. The lowest BCUT2D eigenvalue weighted by Gasteiger charge is -2.16. The maximum absolute atomic E-state index is 5.66. The van der Waals surface area contributed by atoms with Crippen molar-refractivity contribution in [2.45, 2.75) is 25.7 Å². The van der Waals surface area contributed by atoms with Crippen LogP contribution in [0.1, 0.15) is 24.0 Å². The average Bonchev–Trinajstić information content (AvgIpc) is 3.28. The van der Waals surface area contributed by atoms with Crippen molar-refractivity contribution in [1.82, 2.24) is 0 Å². The van der Waals surface area contributed by atoms with Crippen molar-refractivity contribution in [3.8, 4) is 50.0 Å². The molecule has 4 aromatic rings. The zero-order valence-corrected chi connectivity index (χ0v) is 21.7. The summed E-state index contributed by atoms with van der Waals surface area (Å²) in [5, 5.41) is 4.16. The first-order valence-corrected chi connectivity index (χ1v) is 13.3. The first-order valence-electron chi connectivity index (χ1n) is 12.0. The summed E-state index contributed by atoms with van der Waals surface area (Å²) in [6, 6.07) is 23.4. The van der Waals surface area contributed by atoms with E-state index in [4.69, 9.17) is 18.9 Å². The monoisotopic (exact) mass is 486 g/mol. The van der Waals surface area contributed by atoms with Crippen LogP contribution >= 0.6 is 7.53 Å². The Bertz CT molecular complexity index is 1210. The molecule has 4 nitrogen and oxygen atoms in total. The highest BCUT2D eigenvalue weighted by Crippen LogP contribution is 2.63. The van der Waals surface area contributed by atoms with E-state index in [2.05, 4.69) is 54.6 Å². The summed E-state index contributed by atoms with van der Waals surface area (Å²) in [6.45, 7) is 0. The number of fused-ring (bicyclic) bond motifs is 1. The van der Waals surface area contributed by atoms with E-state index >= 15 is 0 Å². The molecule has 0 N–H and O–H groups in total. The zero-order chi connectivity index (χ0) is 24.4. The molecule has 0 saturated carbocycles. The van der Waals surface area contributed by atoms with Crippen molar-refractivity contribution in [3.63, 3.8) is 0 Å². The Labute approximate surface area is 208 Å². The number of rotatable bonds is 7. The van der Waals surface area contributed by atoms with Gasteiger partial charge < -0.3 is 18.9 Å². The number of hydrogen-bond acceptors (Lipinski definition) is 4. The van der Waals surface area contributed by atoms with Gasteiger partial charge in [-0.15, -0.1) is 0 Å². The third-order valence-electron chi connectivity index (χ3n) is 6.75.